The van der Waals surface area contributed by atoms with E-state index >= 15 is 0 Å². The van der Waals surface area contributed by atoms with E-state index < -0.39 is 0 Å². The van der Waals surface area contributed by atoms with Gasteiger partial charge in [0.1, 0.15) is 11.7 Å². The van der Waals surface area contributed by atoms with Crippen molar-refractivity contribution in [1.82, 2.24) is 14.8 Å². The highest BCUT2D eigenvalue weighted by molar-refractivity contribution is 5.96. The summed E-state index contributed by atoms with van der Waals surface area (Å²) in [6, 6.07) is 11.5. The van der Waals surface area contributed by atoms with Crippen LogP contribution in [0.3, 0.4) is 0 Å². The SMILES string of the molecule is Cc1ccccc1CC(=O)N1CCC(Oc2ncccc2C(=O)N2CCCCC2)C1. The lowest BCUT2D eigenvalue weighted by Gasteiger charge is -2.27. The molecule has 0 bridgehead atoms. The van der Waals surface area contributed by atoms with E-state index in [0.29, 0.717) is 31.0 Å². The zero-order valence-electron chi connectivity index (χ0n) is 17.5. The van der Waals surface area contributed by atoms with Crippen LogP contribution >= 0.6 is 0 Å². The Morgan fingerprint density at radius 1 is 1.03 bits per heavy atom. The average molecular weight is 408 g/mol. The quantitative estimate of drug-likeness (QED) is 0.763. The topological polar surface area (TPSA) is 62.7 Å². The molecule has 1 unspecified atom stereocenters. The Morgan fingerprint density at radius 3 is 2.63 bits per heavy atom. The average Bonchev–Trinajstić information content (AvgIpc) is 3.24. The van der Waals surface area contributed by atoms with Crippen molar-refractivity contribution in [2.45, 2.75) is 45.1 Å². The lowest BCUT2D eigenvalue weighted by atomic mass is 10.1. The van der Waals surface area contributed by atoms with Crippen LogP contribution < -0.4 is 4.74 Å². The molecule has 0 saturated carbocycles. The highest BCUT2D eigenvalue weighted by atomic mass is 16.5. The summed E-state index contributed by atoms with van der Waals surface area (Å²) in [6.07, 6.45) is 5.92. The van der Waals surface area contributed by atoms with Crippen LogP contribution in [0.25, 0.3) is 0 Å². The molecule has 0 spiro atoms. The molecule has 0 radical (unpaired) electrons. The second-order valence-electron chi connectivity index (χ2n) is 8.18. The minimum Gasteiger partial charge on any atom is -0.472 e. The molecule has 2 saturated heterocycles. The molecule has 6 heteroatoms. The fourth-order valence-electron chi connectivity index (χ4n) is 4.21. The van der Waals surface area contributed by atoms with Crippen molar-refractivity contribution in [2.75, 3.05) is 26.2 Å². The highest BCUT2D eigenvalue weighted by Gasteiger charge is 2.30. The number of likely N-dealkylation sites (tertiary alicyclic amines) is 2. The molecule has 3 heterocycles. The first kappa shape index (κ1) is 20.4. The Labute approximate surface area is 177 Å². The lowest BCUT2D eigenvalue weighted by molar-refractivity contribution is -0.129. The van der Waals surface area contributed by atoms with Crippen molar-refractivity contribution in [1.29, 1.82) is 0 Å². The van der Waals surface area contributed by atoms with E-state index in [-0.39, 0.29) is 17.9 Å². The Bertz CT molecular complexity index is 908. The molecule has 0 aliphatic carbocycles. The summed E-state index contributed by atoms with van der Waals surface area (Å²) in [6.45, 7) is 4.80. The van der Waals surface area contributed by atoms with Gasteiger partial charge in [0, 0.05) is 32.3 Å². The van der Waals surface area contributed by atoms with E-state index in [9.17, 15) is 9.59 Å². The first-order chi connectivity index (χ1) is 14.6. The summed E-state index contributed by atoms with van der Waals surface area (Å²) in [5.74, 6) is 0.482. The van der Waals surface area contributed by atoms with Gasteiger partial charge in [0.15, 0.2) is 0 Å². The summed E-state index contributed by atoms with van der Waals surface area (Å²) in [5, 5.41) is 0. The van der Waals surface area contributed by atoms with E-state index in [1.165, 1.54) is 6.42 Å². The number of amides is 2. The van der Waals surface area contributed by atoms with Gasteiger partial charge in [0.2, 0.25) is 11.8 Å². The van der Waals surface area contributed by atoms with Gasteiger partial charge in [-0.2, -0.15) is 0 Å². The van der Waals surface area contributed by atoms with Gasteiger partial charge in [-0.3, -0.25) is 9.59 Å². The van der Waals surface area contributed by atoms with Crippen LogP contribution in [0, 0.1) is 6.92 Å². The van der Waals surface area contributed by atoms with Crippen molar-refractivity contribution in [2.24, 2.45) is 0 Å². The minimum absolute atomic E-state index is 0.0108. The number of piperidine rings is 1. The van der Waals surface area contributed by atoms with Crippen LogP contribution in [0.15, 0.2) is 42.6 Å². The van der Waals surface area contributed by atoms with Crippen molar-refractivity contribution in [3.63, 3.8) is 0 Å². The Balaban J connectivity index is 1.38. The zero-order chi connectivity index (χ0) is 20.9. The summed E-state index contributed by atoms with van der Waals surface area (Å²) in [4.78, 5) is 33.8. The Hall–Kier alpha value is -2.89. The third kappa shape index (κ3) is 4.64. The monoisotopic (exact) mass is 407 g/mol. The highest BCUT2D eigenvalue weighted by Crippen LogP contribution is 2.23. The summed E-state index contributed by atoms with van der Waals surface area (Å²) in [7, 11) is 0. The number of benzene rings is 1. The molecule has 1 atom stereocenters. The van der Waals surface area contributed by atoms with Crippen molar-refractivity contribution < 1.29 is 14.3 Å². The molecule has 30 heavy (non-hydrogen) atoms. The molecule has 2 aliphatic heterocycles. The predicted molar refractivity (Wildman–Crippen MR) is 114 cm³/mol. The number of aromatic nitrogens is 1. The van der Waals surface area contributed by atoms with Crippen LogP contribution in [-0.4, -0.2) is 58.9 Å². The summed E-state index contributed by atoms with van der Waals surface area (Å²) >= 11 is 0. The van der Waals surface area contributed by atoms with Gasteiger partial charge in [-0.05, 0) is 49.4 Å². The second kappa shape index (κ2) is 9.28. The van der Waals surface area contributed by atoms with Gasteiger partial charge in [0.05, 0.1) is 13.0 Å². The van der Waals surface area contributed by atoms with Crippen LogP contribution in [0.5, 0.6) is 5.88 Å². The van der Waals surface area contributed by atoms with Crippen LogP contribution in [0.2, 0.25) is 0 Å². The molecule has 2 amide bonds. The molecule has 1 aromatic carbocycles. The Morgan fingerprint density at radius 2 is 1.83 bits per heavy atom. The molecule has 2 aliphatic rings. The number of hydrogen-bond acceptors (Lipinski definition) is 4. The number of ether oxygens (including phenoxy) is 1. The van der Waals surface area contributed by atoms with E-state index in [4.69, 9.17) is 4.74 Å². The standard InChI is InChI=1S/C24H29N3O3/c1-18-8-3-4-9-19(18)16-22(28)27-15-11-20(17-27)30-23-21(10-7-12-25-23)24(29)26-13-5-2-6-14-26/h3-4,7-10,12,20H,2,5-6,11,13-17H2,1H3. The minimum atomic E-state index is -0.145. The number of carbonyl (C=O) groups is 2. The van der Waals surface area contributed by atoms with E-state index in [0.717, 1.165) is 43.5 Å². The third-order valence-corrected chi connectivity index (χ3v) is 6.02. The van der Waals surface area contributed by atoms with E-state index in [1.54, 1.807) is 18.3 Å². The Kier molecular flexibility index (Phi) is 6.31. The molecule has 0 N–H and O–H groups in total. The molecular weight excluding hydrogens is 378 g/mol. The fourth-order valence-corrected chi connectivity index (χ4v) is 4.21. The van der Waals surface area contributed by atoms with Gasteiger partial charge in [-0.25, -0.2) is 4.98 Å². The molecule has 6 nitrogen and oxygen atoms in total. The lowest BCUT2D eigenvalue weighted by Crippen LogP contribution is -2.36. The predicted octanol–water partition coefficient (Wildman–Crippen LogP) is 3.24. The van der Waals surface area contributed by atoms with Crippen molar-refractivity contribution in [3.8, 4) is 5.88 Å². The normalized spacial score (nSPS) is 19.0. The van der Waals surface area contributed by atoms with Gasteiger partial charge in [0.25, 0.3) is 5.91 Å². The molecule has 1 aromatic heterocycles. The van der Waals surface area contributed by atoms with Crippen LogP contribution in [0.1, 0.15) is 47.2 Å². The molecule has 158 valence electrons. The first-order valence-electron chi connectivity index (χ1n) is 10.8. The second-order valence-corrected chi connectivity index (χ2v) is 8.18. The number of aryl methyl sites for hydroxylation is 1. The first-order valence-corrected chi connectivity index (χ1v) is 10.8. The maximum absolute atomic E-state index is 12.9. The number of nitrogens with zero attached hydrogens (tertiary/aromatic N) is 3. The maximum atomic E-state index is 12.9. The number of pyridine rings is 1. The van der Waals surface area contributed by atoms with Crippen LogP contribution in [0.4, 0.5) is 0 Å². The molecule has 2 fully saturated rings. The summed E-state index contributed by atoms with van der Waals surface area (Å²) in [5.41, 5.74) is 2.71. The summed E-state index contributed by atoms with van der Waals surface area (Å²) < 4.78 is 6.12. The van der Waals surface area contributed by atoms with E-state index in [2.05, 4.69) is 4.98 Å². The fraction of sp³-hybridized carbons (Fsp3) is 0.458. The van der Waals surface area contributed by atoms with Gasteiger partial charge in [-0.15, -0.1) is 0 Å². The van der Waals surface area contributed by atoms with Crippen molar-refractivity contribution in [3.05, 3.63) is 59.3 Å². The zero-order valence-corrected chi connectivity index (χ0v) is 17.5. The molecule has 2 aromatic rings. The van der Waals surface area contributed by atoms with Gasteiger partial charge >= 0.3 is 0 Å². The maximum Gasteiger partial charge on any atom is 0.259 e. The van der Waals surface area contributed by atoms with Crippen LogP contribution in [-0.2, 0) is 11.2 Å². The molecule has 4 rings (SSSR count). The number of hydrogen-bond donors (Lipinski definition) is 0. The number of rotatable bonds is 5. The third-order valence-electron chi connectivity index (χ3n) is 6.02. The smallest absolute Gasteiger partial charge is 0.259 e. The molecular formula is C24H29N3O3. The largest absolute Gasteiger partial charge is 0.472 e. The van der Waals surface area contributed by atoms with E-state index in [1.807, 2.05) is 41.0 Å². The number of carbonyl (C=O) groups excluding carboxylic acids is 2. The van der Waals surface area contributed by atoms with Gasteiger partial charge in [-0.1, -0.05) is 24.3 Å². The van der Waals surface area contributed by atoms with Gasteiger partial charge < -0.3 is 14.5 Å². The van der Waals surface area contributed by atoms with Crippen molar-refractivity contribution >= 4 is 11.8 Å².